The molecule has 0 aliphatic carbocycles. The zero-order chi connectivity index (χ0) is 10.6. The van der Waals surface area contributed by atoms with Gasteiger partial charge in [0, 0.05) is 4.47 Å². The number of hydrogen-bond acceptors (Lipinski definition) is 1. The zero-order valence-electron chi connectivity index (χ0n) is 8.55. The number of hydrogen-bond donors (Lipinski definition) is 0. The highest BCUT2D eigenvalue weighted by Crippen LogP contribution is 2.30. The number of nitriles is 1. The summed E-state index contributed by atoms with van der Waals surface area (Å²) in [4.78, 5) is 0. The number of halogens is 1. The van der Waals surface area contributed by atoms with E-state index in [1.165, 1.54) is 5.56 Å². The topological polar surface area (TPSA) is 23.8 Å². The summed E-state index contributed by atoms with van der Waals surface area (Å²) in [6.07, 6.45) is 2.28. The summed E-state index contributed by atoms with van der Waals surface area (Å²) in [7, 11) is 0. The lowest BCUT2D eigenvalue weighted by Crippen LogP contribution is -1.96. The first-order valence-electron chi connectivity index (χ1n) is 4.92. The molecular formula is C12H14BrN. The van der Waals surface area contributed by atoms with Gasteiger partial charge in [-0.2, -0.15) is 5.26 Å². The monoisotopic (exact) mass is 251 g/mol. The van der Waals surface area contributed by atoms with Crippen molar-refractivity contribution in [1.29, 1.82) is 5.26 Å². The van der Waals surface area contributed by atoms with Crippen molar-refractivity contribution in [3.63, 3.8) is 0 Å². The Kier molecular flexibility index (Phi) is 4.16. The van der Waals surface area contributed by atoms with Crippen LogP contribution in [0.1, 0.15) is 43.7 Å². The van der Waals surface area contributed by atoms with E-state index >= 15 is 0 Å². The summed E-state index contributed by atoms with van der Waals surface area (Å²) >= 11 is 3.52. The number of nitrogens with zero attached hydrogens (tertiary/aromatic N) is 1. The summed E-state index contributed by atoms with van der Waals surface area (Å²) in [5, 5.41) is 8.74. The molecule has 1 aromatic carbocycles. The highest BCUT2D eigenvalue weighted by atomic mass is 79.9. The van der Waals surface area contributed by atoms with Crippen LogP contribution < -0.4 is 0 Å². The van der Waals surface area contributed by atoms with E-state index < -0.39 is 0 Å². The first-order valence-corrected chi connectivity index (χ1v) is 5.71. The molecule has 0 radical (unpaired) electrons. The molecule has 1 aromatic rings. The molecule has 0 aromatic heterocycles. The van der Waals surface area contributed by atoms with E-state index in [2.05, 4.69) is 41.9 Å². The minimum atomic E-state index is 0.595. The molecule has 0 amide bonds. The molecule has 74 valence electrons. The average Bonchev–Trinajstić information content (AvgIpc) is 2.22. The summed E-state index contributed by atoms with van der Waals surface area (Å²) in [5.41, 5.74) is 2.03. The van der Waals surface area contributed by atoms with Crippen molar-refractivity contribution in [2.45, 2.75) is 32.6 Å². The Balaban J connectivity index is 3.05. The Morgan fingerprint density at radius 1 is 1.36 bits per heavy atom. The fourth-order valence-corrected chi connectivity index (χ4v) is 2.36. The van der Waals surface area contributed by atoms with Gasteiger partial charge in [-0.1, -0.05) is 35.8 Å². The smallest absolute Gasteiger partial charge is 0.0992 e. The third-order valence-corrected chi connectivity index (χ3v) is 3.24. The van der Waals surface area contributed by atoms with Crippen molar-refractivity contribution in [2.24, 2.45) is 0 Å². The number of rotatable bonds is 3. The quantitative estimate of drug-likeness (QED) is 0.789. The maximum Gasteiger partial charge on any atom is 0.0992 e. The molecule has 0 heterocycles. The van der Waals surface area contributed by atoms with Crippen LogP contribution >= 0.6 is 15.9 Å². The van der Waals surface area contributed by atoms with Gasteiger partial charge in [0.1, 0.15) is 0 Å². The van der Waals surface area contributed by atoms with Crippen LogP contribution in [0.15, 0.2) is 22.7 Å². The van der Waals surface area contributed by atoms with Crippen LogP contribution in [0.2, 0.25) is 0 Å². The van der Waals surface area contributed by atoms with Crippen LogP contribution in [0.5, 0.6) is 0 Å². The Labute approximate surface area is 93.9 Å². The van der Waals surface area contributed by atoms with E-state index in [9.17, 15) is 0 Å². The minimum absolute atomic E-state index is 0.595. The highest BCUT2D eigenvalue weighted by molar-refractivity contribution is 9.10. The van der Waals surface area contributed by atoms with Gasteiger partial charge in [0.25, 0.3) is 0 Å². The molecule has 0 saturated carbocycles. The maximum absolute atomic E-state index is 8.74. The Hall–Kier alpha value is -0.810. The van der Waals surface area contributed by atoms with Gasteiger partial charge in [0.05, 0.1) is 11.6 Å². The molecule has 0 spiro atoms. The summed E-state index contributed by atoms with van der Waals surface area (Å²) in [5.74, 6) is 0.595. The van der Waals surface area contributed by atoms with Gasteiger partial charge >= 0.3 is 0 Å². The normalized spacial score (nSPS) is 10.2. The second-order valence-electron chi connectivity index (χ2n) is 3.36. The van der Waals surface area contributed by atoms with Crippen molar-refractivity contribution in [2.75, 3.05) is 0 Å². The standard InChI is InChI=1S/C12H14BrN/c1-3-10(4-2)11-6-5-9(8-14)7-12(11)13/h5-7,10H,3-4H2,1-2H3. The fourth-order valence-electron chi connectivity index (χ4n) is 1.66. The van der Waals surface area contributed by atoms with Gasteiger partial charge in [-0.05, 0) is 36.5 Å². The molecule has 2 heteroatoms. The van der Waals surface area contributed by atoms with Gasteiger partial charge in [-0.15, -0.1) is 0 Å². The van der Waals surface area contributed by atoms with Crippen LogP contribution in [0, 0.1) is 11.3 Å². The lowest BCUT2D eigenvalue weighted by atomic mass is 9.93. The second kappa shape index (κ2) is 5.17. The molecule has 0 fully saturated rings. The molecule has 0 N–H and O–H groups in total. The van der Waals surface area contributed by atoms with E-state index in [4.69, 9.17) is 5.26 Å². The first kappa shape index (κ1) is 11.3. The zero-order valence-corrected chi connectivity index (χ0v) is 10.1. The molecule has 0 atom stereocenters. The third kappa shape index (κ3) is 2.36. The molecule has 0 saturated heterocycles. The van der Waals surface area contributed by atoms with Crippen LogP contribution in [0.3, 0.4) is 0 Å². The maximum atomic E-state index is 8.74. The largest absolute Gasteiger partial charge is 0.192 e. The predicted molar refractivity (Wildman–Crippen MR) is 62.2 cm³/mol. The lowest BCUT2D eigenvalue weighted by molar-refractivity contribution is 0.639. The third-order valence-electron chi connectivity index (χ3n) is 2.55. The van der Waals surface area contributed by atoms with Crippen molar-refractivity contribution >= 4 is 15.9 Å². The molecule has 0 bridgehead atoms. The van der Waals surface area contributed by atoms with Gasteiger partial charge in [0.15, 0.2) is 0 Å². The van der Waals surface area contributed by atoms with Crippen molar-refractivity contribution in [3.05, 3.63) is 33.8 Å². The summed E-state index contributed by atoms with van der Waals surface area (Å²) < 4.78 is 1.06. The Morgan fingerprint density at radius 3 is 2.43 bits per heavy atom. The molecule has 1 rings (SSSR count). The van der Waals surface area contributed by atoms with Crippen LogP contribution in [-0.4, -0.2) is 0 Å². The van der Waals surface area contributed by atoms with Crippen molar-refractivity contribution < 1.29 is 0 Å². The molecule has 0 unspecified atom stereocenters. The Bertz CT molecular complexity index is 348. The van der Waals surface area contributed by atoms with Crippen molar-refractivity contribution in [3.8, 4) is 6.07 Å². The molecule has 0 aliphatic heterocycles. The van der Waals surface area contributed by atoms with Crippen LogP contribution in [0.25, 0.3) is 0 Å². The SMILES string of the molecule is CCC(CC)c1ccc(C#N)cc1Br. The van der Waals surface area contributed by atoms with E-state index in [1.807, 2.05) is 12.1 Å². The first-order chi connectivity index (χ1) is 6.72. The van der Waals surface area contributed by atoms with E-state index in [1.54, 1.807) is 0 Å². The average molecular weight is 252 g/mol. The molecule has 1 nitrogen and oxygen atoms in total. The van der Waals surface area contributed by atoms with Gasteiger partial charge in [-0.25, -0.2) is 0 Å². The highest BCUT2D eigenvalue weighted by Gasteiger charge is 2.10. The second-order valence-corrected chi connectivity index (χ2v) is 4.22. The minimum Gasteiger partial charge on any atom is -0.192 e. The fraction of sp³-hybridized carbons (Fsp3) is 0.417. The van der Waals surface area contributed by atoms with Gasteiger partial charge in [0.2, 0.25) is 0 Å². The molecule has 14 heavy (non-hydrogen) atoms. The van der Waals surface area contributed by atoms with Gasteiger partial charge < -0.3 is 0 Å². The molecular weight excluding hydrogens is 238 g/mol. The summed E-state index contributed by atoms with van der Waals surface area (Å²) in [6, 6.07) is 7.98. The summed E-state index contributed by atoms with van der Waals surface area (Å²) in [6.45, 7) is 4.39. The van der Waals surface area contributed by atoms with E-state index in [0.29, 0.717) is 11.5 Å². The number of benzene rings is 1. The van der Waals surface area contributed by atoms with Crippen molar-refractivity contribution in [1.82, 2.24) is 0 Å². The van der Waals surface area contributed by atoms with E-state index in [-0.39, 0.29) is 0 Å². The van der Waals surface area contributed by atoms with Gasteiger partial charge in [-0.3, -0.25) is 0 Å². The van der Waals surface area contributed by atoms with E-state index in [0.717, 1.165) is 17.3 Å². The Morgan fingerprint density at radius 2 is 2.00 bits per heavy atom. The predicted octanol–water partition coefficient (Wildman–Crippen LogP) is 4.22. The lowest BCUT2D eigenvalue weighted by Gasteiger charge is -2.14. The van der Waals surface area contributed by atoms with Crippen LogP contribution in [-0.2, 0) is 0 Å². The molecule has 0 aliphatic rings. The van der Waals surface area contributed by atoms with Crippen LogP contribution in [0.4, 0.5) is 0 Å².